The minimum absolute atomic E-state index is 0.133. The second kappa shape index (κ2) is 6.80. The lowest BCUT2D eigenvalue weighted by Crippen LogP contribution is -2.36. The van der Waals surface area contributed by atoms with Crippen LogP contribution in [0.5, 0.6) is 0 Å². The van der Waals surface area contributed by atoms with E-state index in [1.165, 1.54) is 0 Å². The number of ether oxygens (including phenoxy) is 1. The third-order valence-electron chi connectivity index (χ3n) is 2.75. The number of esters is 1. The molecule has 15 heavy (non-hydrogen) atoms. The molecule has 0 spiro atoms. The van der Waals surface area contributed by atoms with Crippen molar-refractivity contribution in [2.75, 3.05) is 13.2 Å². The van der Waals surface area contributed by atoms with E-state index in [1.54, 1.807) is 0 Å². The molecule has 0 saturated heterocycles. The zero-order valence-corrected chi connectivity index (χ0v) is 9.37. The monoisotopic (exact) mass is 215 g/mol. The fourth-order valence-corrected chi connectivity index (χ4v) is 1.93. The Morgan fingerprint density at radius 3 is 2.93 bits per heavy atom. The zero-order chi connectivity index (χ0) is 11.1. The summed E-state index contributed by atoms with van der Waals surface area (Å²) < 4.78 is 4.82. The van der Waals surface area contributed by atoms with E-state index in [0.29, 0.717) is 13.0 Å². The number of rotatable bonds is 6. The van der Waals surface area contributed by atoms with E-state index < -0.39 is 0 Å². The lowest BCUT2D eigenvalue weighted by Gasteiger charge is -2.15. The number of nitrogens with one attached hydrogen (secondary N) is 1. The highest BCUT2D eigenvalue weighted by Gasteiger charge is 2.23. The van der Waals surface area contributed by atoms with Gasteiger partial charge in [-0.05, 0) is 39.2 Å². The summed E-state index contributed by atoms with van der Waals surface area (Å²) in [4.78, 5) is 11.0. The lowest BCUT2D eigenvalue weighted by atomic mass is 10.2. The second-order valence-electron chi connectivity index (χ2n) is 3.97. The molecule has 88 valence electrons. The molecule has 2 N–H and O–H groups in total. The maximum Gasteiger partial charge on any atom is 0.305 e. The number of aliphatic hydroxyl groups is 1. The first-order valence-corrected chi connectivity index (χ1v) is 5.81. The molecule has 0 heterocycles. The van der Waals surface area contributed by atoms with Crippen LogP contribution in [0.2, 0.25) is 0 Å². The van der Waals surface area contributed by atoms with Gasteiger partial charge in [0.1, 0.15) is 0 Å². The predicted molar refractivity (Wildman–Crippen MR) is 57.5 cm³/mol. The van der Waals surface area contributed by atoms with Crippen LogP contribution in [0.1, 0.15) is 39.0 Å². The van der Waals surface area contributed by atoms with Gasteiger partial charge >= 0.3 is 5.97 Å². The molecular weight excluding hydrogens is 194 g/mol. The van der Waals surface area contributed by atoms with E-state index in [-0.39, 0.29) is 18.1 Å². The van der Waals surface area contributed by atoms with E-state index >= 15 is 0 Å². The molecule has 0 unspecified atom stereocenters. The first-order valence-electron chi connectivity index (χ1n) is 5.81. The minimum Gasteiger partial charge on any atom is -0.466 e. The lowest BCUT2D eigenvalue weighted by molar-refractivity contribution is -0.143. The van der Waals surface area contributed by atoms with E-state index in [1.807, 2.05) is 6.92 Å². The summed E-state index contributed by atoms with van der Waals surface area (Å²) in [5, 5.41) is 12.8. The molecule has 0 aromatic heterocycles. The van der Waals surface area contributed by atoms with Gasteiger partial charge in [0.25, 0.3) is 0 Å². The average Bonchev–Trinajstić information content (AvgIpc) is 2.60. The van der Waals surface area contributed by atoms with Crippen LogP contribution in [0.25, 0.3) is 0 Å². The molecule has 1 aliphatic rings. The van der Waals surface area contributed by atoms with Crippen LogP contribution in [0, 0.1) is 0 Å². The molecule has 1 aliphatic carbocycles. The first kappa shape index (κ1) is 12.5. The molecule has 1 saturated carbocycles. The van der Waals surface area contributed by atoms with Crippen LogP contribution < -0.4 is 5.32 Å². The van der Waals surface area contributed by atoms with Crippen LogP contribution >= 0.6 is 0 Å². The zero-order valence-electron chi connectivity index (χ0n) is 9.37. The Morgan fingerprint density at radius 2 is 2.33 bits per heavy atom. The molecular formula is C11H21NO3. The second-order valence-corrected chi connectivity index (χ2v) is 3.97. The van der Waals surface area contributed by atoms with Crippen molar-refractivity contribution in [3.8, 4) is 0 Å². The van der Waals surface area contributed by atoms with E-state index in [9.17, 15) is 9.90 Å². The summed E-state index contributed by atoms with van der Waals surface area (Å²) in [6.07, 6.45) is 4.08. The highest BCUT2D eigenvalue weighted by molar-refractivity contribution is 5.69. The molecule has 1 fully saturated rings. The Morgan fingerprint density at radius 1 is 1.53 bits per heavy atom. The largest absolute Gasteiger partial charge is 0.466 e. The van der Waals surface area contributed by atoms with Crippen molar-refractivity contribution in [1.29, 1.82) is 0 Å². The smallest absolute Gasteiger partial charge is 0.305 e. The van der Waals surface area contributed by atoms with Gasteiger partial charge in [0.05, 0.1) is 12.7 Å². The van der Waals surface area contributed by atoms with Gasteiger partial charge in [-0.25, -0.2) is 0 Å². The minimum atomic E-state index is -0.201. The van der Waals surface area contributed by atoms with Gasteiger partial charge in [0, 0.05) is 12.5 Å². The fourth-order valence-electron chi connectivity index (χ4n) is 1.93. The van der Waals surface area contributed by atoms with E-state index in [2.05, 4.69) is 5.32 Å². The maximum atomic E-state index is 11.0. The predicted octanol–water partition coefficient (Wildman–Crippen LogP) is 0.833. The number of carbonyl (C=O) groups is 1. The summed E-state index contributed by atoms with van der Waals surface area (Å²) in [6.45, 7) is 3.04. The van der Waals surface area contributed by atoms with Crippen molar-refractivity contribution in [2.45, 2.75) is 51.2 Å². The third kappa shape index (κ3) is 4.62. The summed E-state index contributed by atoms with van der Waals surface area (Å²) >= 11 is 0. The van der Waals surface area contributed by atoms with Crippen LogP contribution in [-0.2, 0) is 9.53 Å². The van der Waals surface area contributed by atoms with Crippen molar-refractivity contribution in [2.24, 2.45) is 0 Å². The Labute approximate surface area is 91.0 Å². The molecule has 0 aromatic rings. The molecule has 0 aliphatic heterocycles. The van der Waals surface area contributed by atoms with E-state index in [0.717, 1.165) is 32.2 Å². The highest BCUT2D eigenvalue weighted by atomic mass is 16.5. The molecule has 4 heteroatoms. The van der Waals surface area contributed by atoms with Gasteiger partial charge in [-0.3, -0.25) is 4.79 Å². The van der Waals surface area contributed by atoms with Gasteiger partial charge in [0.15, 0.2) is 0 Å². The van der Waals surface area contributed by atoms with Crippen molar-refractivity contribution in [3.63, 3.8) is 0 Å². The topological polar surface area (TPSA) is 58.6 Å². The Hall–Kier alpha value is -0.610. The Bertz CT molecular complexity index is 196. The Kier molecular flexibility index (Phi) is 5.65. The van der Waals surface area contributed by atoms with Gasteiger partial charge < -0.3 is 15.2 Å². The molecule has 0 bridgehead atoms. The number of carbonyl (C=O) groups excluding carboxylic acids is 1. The summed E-state index contributed by atoms with van der Waals surface area (Å²) in [7, 11) is 0. The van der Waals surface area contributed by atoms with Gasteiger partial charge in [0.2, 0.25) is 0 Å². The number of hydrogen-bond donors (Lipinski definition) is 2. The van der Waals surface area contributed by atoms with Crippen molar-refractivity contribution in [3.05, 3.63) is 0 Å². The number of aliphatic hydroxyl groups excluding tert-OH is 1. The van der Waals surface area contributed by atoms with Crippen LogP contribution in [-0.4, -0.2) is 36.4 Å². The van der Waals surface area contributed by atoms with Gasteiger partial charge in [-0.15, -0.1) is 0 Å². The summed E-state index contributed by atoms with van der Waals surface area (Å²) in [5.41, 5.74) is 0. The maximum absolute atomic E-state index is 11.0. The van der Waals surface area contributed by atoms with Gasteiger partial charge in [-0.1, -0.05) is 0 Å². The van der Waals surface area contributed by atoms with Crippen molar-refractivity contribution < 1.29 is 14.6 Å². The summed E-state index contributed by atoms with van der Waals surface area (Å²) in [5.74, 6) is -0.133. The first-order chi connectivity index (χ1) is 7.24. The van der Waals surface area contributed by atoms with Crippen molar-refractivity contribution >= 4 is 5.97 Å². The molecule has 4 nitrogen and oxygen atoms in total. The SMILES string of the molecule is CCOC(=O)CCCN[C@H]1CCC[C@@H]1O. The van der Waals surface area contributed by atoms with Gasteiger partial charge in [-0.2, -0.15) is 0 Å². The van der Waals surface area contributed by atoms with Crippen LogP contribution in [0.4, 0.5) is 0 Å². The molecule has 0 amide bonds. The normalized spacial score (nSPS) is 25.5. The van der Waals surface area contributed by atoms with Crippen molar-refractivity contribution in [1.82, 2.24) is 5.32 Å². The quantitative estimate of drug-likeness (QED) is 0.509. The molecule has 0 radical (unpaired) electrons. The fraction of sp³-hybridized carbons (Fsp3) is 0.909. The highest BCUT2D eigenvalue weighted by Crippen LogP contribution is 2.18. The average molecular weight is 215 g/mol. The molecule has 1 rings (SSSR count). The van der Waals surface area contributed by atoms with Crippen LogP contribution in [0.3, 0.4) is 0 Å². The molecule has 2 atom stereocenters. The summed E-state index contributed by atoms with van der Waals surface area (Å²) in [6, 6.07) is 0.229. The van der Waals surface area contributed by atoms with E-state index in [4.69, 9.17) is 4.74 Å². The molecule has 0 aromatic carbocycles. The van der Waals surface area contributed by atoms with Crippen LogP contribution in [0.15, 0.2) is 0 Å². The standard InChI is InChI=1S/C11H21NO3/c1-2-15-11(14)7-4-8-12-9-5-3-6-10(9)13/h9-10,12-13H,2-8H2,1H3/t9-,10-/m0/s1. The number of hydrogen-bond acceptors (Lipinski definition) is 4. The Balaban J connectivity index is 1.99. The third-order valence-corrected chi connectivity index (χ3v) is 2.75.